The summed E-state index contributed by atoms with van der Waals surface area (Å²) in [6, 6.07) is 29.6. The van der Waals surface area contributed by atoms with Crippen LogP contribution in [0.5, 0.6) is 0 Å². The summed E-state index contributed by atoms with van der Waals surface area (Å²) < 4.78 is 0. The summed E-state index contributed by atoms with van der Waals surface area (Å²) in [6.07, 6.45) is 40.2. The summed E-state index contributed by atoms with van der Waals surface area (Å²) in [7, 11) is 8.79. The standard InChI is InChI=1S/4C23H32N6S/c4*1-27-12-14-28(15-13-27)21-16-18(25-23(26-21)30-2)19-9-5-11-29(19)20-8-3-6-17-7-4-10-24-22(17)20/h4*4,7,10,16,19-20H,3,5-6,8-9,11-15H2,1-2H3/t2*19-,20+;2*19-,20-/m1010/s1. The maximum atomic E-state index is 5.00. The van der Waals surface area contributed by atoms with Gasteiger partial charge in [-0.3, -0.25) is 39.5 Å². The monoisotopic (exact) mass is 1700 g/mol. The van der Waals surface area contributed by atoms with Crippen molar-refractivity contribution in [3.63, 3.8) is 0 Å². The molecule has 120 heavy (non-hydrogen) atoms. The third-order valence-corrected chi connectivity index (χ3v) is 29.9. The number of hydrogen-bond acceptors (Lipinski definition) is 28. The Bertz CT molecular complexity index is 4110. The van der Waals surface area contributed by atoms with Crippen molar-refractivity contribution in [1.29, 1.82) is 0 Å². The van der Waals surface area contributed by atoms with E-state index in [1.165, 1.54) is 171 Å². The Balaban J connectivity index is 0.000000114. The Labute approximate surface area is 730 Å². The van der Waals surface area contributed by atoms with Crippen molar-refractivity contribution in [3.05, 3.63) is 165 Å². The first-order valence-corrected chi connectivity index (χ1v) is 50.0. The zero-order chi connectivity index (χ0) is 82.0. The van der Waals surface area contributed by atoms with E-state index < -0.39 is 0 Å². The molecule has 8 fully saturated rings. The molecule has 28 heteroatoms. The molecular weight excluding hydrogens is 1570 g/mol. The fourth-order valence-electron chi connectivity index (χ4n) is 21.1. The molecule has 4 aliphatic carbocycles. The van der Waals surface area contributed by atoms with Crippen molar-refractivity contribution in [1.82, 2.24) is 99.0 Å². The number of likely N-dealkylation sites (N-methyl/N-ethyl adjacent to an activating group) is 4. The molecule has 0 spiro atoms. The molecule has 640 valence electrons. The minimum atomic E-state index is 0.364. The van der Waals surface area contributed by atoms with Crippen LogP contribution in [0.3, 0.4) is 0 Å². The topological polar surface area (TPSA) is 194 Å². The van der Waals surface area contributed by atoms with Crippen LogP contribution in [0.2, 0.25) is 0 Å². The number of fused-ring (bicyclic) bond motifs is 4. The Hall–Kier alpha value is -6.80. The third-order valence-electron chi connectivity index (χ3n) is 27.7. The number of aromatic nitrogens is 12. The molecule has 8 atom stereocenters. The van der Waals surface area contributed by atoms with E-state index in [0.29, 0.717) is 48.3 Å². The fourth-order valence-corrected chi connectivity index (χ4v) is 22.6. The smallest absolute Gasteiger partial charge is 0.189 e. The maximum absolute atomic E-state index is 5.00. The van der Waals surface area contributed by atoms with Crippen molar-refractivity contribution in [3.8, 4) is 0 Å². The van der Waals surface area contributed by atoms with Crippen molar-refractivity contribution in [2.45, 2.75) is 197 Å². The van der Waals surface area contributed by atoms with Crippen LogP contribution in [0.1, 0.15) is 219 Å². The number of thioether (sulfide) groups is 4. The summed E-state index contributed by atoms with van der Waals surface area (Å²) in [6.45, 7) is 21.6. The first kappa shape index (κ1) is 85.4. The maximum Gasteiger partial charge on any atom is 0.189 e. The molecule has 24 nitrogen and oxygen atoms in total. The first-order chi connectivity index (χ1) is 58.9. The summed E-state index contributed by atoms with van der Waals surface area (Å²) in [5.41, 5.74) is 15.7. The lowest BCUT2D eigenvalue weighted by Gasteiger charge is -2.36. The van der Waals surface area contributed by atoms with Gasteiger partial charge >= 0.3 is 0 Å². The van der Waals surface area contributed by atoms with E-state index in [1.807, 2.05) is 24.8 Å². The molecule has 12 aliphatic rings. The van der Waals surface area contributed by atoms with Gasteiger partial charge in [0.05, 0.1) is 93.9 Å². The van der Waals surface area contributed by atoms with E-state index in [2.05, 4.69) is 185 Å². The zero-order valence-electron chi connectivity index (χ0n) is 72.5. The third kappa shape index (κ3) is 19.8. The van der Waals surface area contributed by atoms with Crippen molar-refractivity contribution in [2.24, 2.45) is 0 Å². The van der Waals surface area contributed by atoms with Gasteiger partial charge in [0.1, 0.15) is 23.3 Å². The van der Waals surface area contributed by atoms with Crippen LogP contribution in [-0.4, -0.2) is 283 Å². The molecule has 8 aliphatic heterocycles. The van der Waals surface area contributed by atoms with E-state index in [-0.39, 0.29) is 0 Å². The van der Waals surface area contributed by atoms with Crippen LogP contribution in [0, 0.1) is 0 Å². The van der Waals surface area contributed by atoms with Gasteiger partial charge in [0.15, 0.2) is 20.6 Å². The highest BCUT2D eigenvalue weighted by Crippen LogP contribution is 2.49. The van der Waals surface area contributed by atoms with Crippen LogP contribution >= 0.6 is 47.0 Å². The minimum absolute atomic E-state index is 0.364. The number of anilines is 4. The van der Waals surface area contributed by atoms with Gasteiger partial charge < -0.3 is 39.2 Å². The second-order valence-electron chi connectivity index (χ2n) is 35.1. The predicted octanol–water partition coefficient (Wildman–Crippen LogP) is 14.2. The molecule has 0 unspecified atom stereocenters. The molecule has 20 rings (SSSR count). The number of aryl methyl sites for hydroxylation is 4. The van der Waals surface area contributed by atoms with Crippen molar-refractivity contribution >= 4 is 70.3 Å². The van der Waals surface area contributed by atoms with Gasteiger partial charge in [-0.1, -0.05) is 71.3 Å². The average molecular weight is 1700 g/mol. The number of likely N-dealkylation sites (tertiary alicyclic amines) is 4. The molecule has 0 radical (unpaired) electrons. The second kappa shape index (κ2) is 40.5. The van der Waals surface area contributed by atoms with Gasteiger partial charge in [-0.15, -0.1) is 0 Å². The number of nitrogens with zero attached hydrogens (tertiary/aromatic N) is 24. The zero-order valence-corrected chi connectivity index (χ0v) is 75.8. The van der Waals surface area contributed by atoms with Gasteiger partial charge in [-0.25, -0.2) is 39.9 Å². The van der Waals surface area contributed by atoms with Crippen LogP contribution in [0.25, 0.3) is 0 Å². The largest absolute Gasteiger partial charge is 0.354 e. The summed E-state index contributed by atoms with van der Waals surface area (Å²) >= 11 is 6.62. The molecule has 16 heterocycles. The van der Waals surface area contributed by atoms with Crippen LogP contribution in [0.15, 0.2) is 118 Å². The van der Waals surface area contributed by atoms with E-state index in [1.54, 1.807) is 47.0 Å². The van der Waals surface area contributed by atoms with Gasteiger partial charge in [-0.05, 0) is 254 Å². The SMILES string of the molecule is CSc1nc([C@@H]2CCCN2[C@@H]2CCCc3cccnc32)cc(N2CCN(C)CC2)n1.CSc1nc([C@@H]2CCCN2[C@H]2CCCc3cccnc32)cc(N2CCN(C)CC2)n1.CSc1nc([C@H]2CCCN2[C@@H]2CCCc3cccnc32)cc(N2CCN(C)CC2)n1.CSc1nc([C@H]2CCCN2[C@H]2CCCc3cccnc32)cc(N2CCN(C)CC2)n1. The highest BCUT2D eigenvalue weighted by atomic mass is 32.2. The Morgan fingerprint density at radius 2 is 0.458 bits per heavy atom. The molecule has 0 bridgehead atoms. The van der Waals surface area contributed by atoms with E-state index in [4.69, 9.17) is 59.8 Å². The molecule has 8 aromatic heterocycles. The summed E-state index contributed by atoms with van der Waals surface area (Å²) in [5, 5.41) is 3.59. The van der Waals surface area contributed by atoms with Crippen molar-refractivity contribution < 1.29 is 0 Å². The fraction of sp³-hybridized carbons (Fsp3) is 0.609. The Morgan fingerprint density at radius 1 is 0.250 bits per heavy atom. The predicted molar refractivity (Wildman–Crippen MR) is 488 cm³/mol. The highest BCUT2D eigenvalue weighted by molar-refractivity contribution is 7.99. The second-order valence-corrected chi connectivity index (χ2v) is 38.2. The molecule has 0 aromatic carbocycles. The molecule has 0 amide bonds. The molecular formula is C92H128N24S4. The molecule has 8 saturated heterocycles. The van der Waals surface area contributed by atoms with Gasteiger partial charge in [0, 0.05) is 154 Å². The van der Waals surface area contributed by atoms with E-state index >= 15 is 0 Å². The number of pyridine rings is 4. The molecule has 0 saturated carbocycles. The Morgan fingerprint density at radius 3 is 0.667 bits per heavy atom. The van der Waals surface area contributed by atoms with Gasteiger partial charge in [0.25, 0.3) is 0 Å². The average Bonchev–Trinajstić information content (AvgIpc) is 1.49. The van der Waals surface area contributed by atoms with Crippen molar-refractivity contribution in [2.75, 3.05) is 204 Å². The van der Waals surface area contributed by atoms with Crippen LogP contribution in [0.4, 0.5) is 23.3 Å². The number of rotatable bonds is 16. The van der Waals surface area contributed by atoms with Gasteiger partial charge in [-0.2, -0.15) is 0 Å². The highest BCUT2D eigenvalue weighted by Gasteiger charge is 2.42. The van der Waals surface area contributed by atoms with Crippen LogP contribution in [-0.2, 0) is 25.7 Å². The summed E-state index contributed by atoms with van der Waals surface area (Å²) in [4.78, 5) is 88.8. The lowest BCUT2D eigenvalue weighted by atomic mass is 9.90. The minimum Gasteiger partial charge on any atom is -0.354 e. The number of piperazine rings is 4. The summed E-state index contributed by atoms with van der Waals surface area (Å²) in [5.74, 6) is 4.41. The Kier molecular flexibility index (Phi) is 28.8. The lowest BCUT2D eigenvalue weighted by molar-refractivity contribution is 0.156. The lowest BCUT2D eigenvalue weighted by Crippen LogP contribution is -2.45. The molecule has 0 N–H and O–H groups in total. The first-order valence-electron chi connectivity index (χ1n) is 45.1. The normalized spacial score (nSPS) is 25.5. The quantitative estimate of drug-likeness (QED) is 0.0654. The van der Waals surface area contributed by atoms with E-state index in [0.717, 1.165) is 200 Å². The molecule has 8 aromatic rings. The van der Waals surface area contributed by atoms with E-state index in [9.17, 15) is 0 Å². The van der Waals surface area contributed by atoms with Crippen LogP contribution < -0.4 is 19.6 Å². The number of hydrogen-bond donors (Lipinski definition) is 0. The van der Waals surface area contributed by atoms with Gasteiger partial charge in [0.2, 0.25) is 0 Å².